The largest absolute Gasteiger partial charge is 0.339 e. The molecule has 2 N–H and O–H groups in total. The lowest BCUT2D eigenvalue weighted by Crippen LogP contribution is -2.39. The predicted octanol–water partition coefficient (Wildman–Crippen LogP) is 1.48. The maximum Gasteiger partial charge on any atom is 0.230 e. The number of nitrogens with one attached hydrogen (secondary N) is 2. The van der Waals surface area contributed by atoms with Gasteiger partial charge in [-0.2, -0.15) is 10.1 Å². The van der Waals surface area contributed by atoms with Crippen molar-refractivity contribution in [2.45, 2.75) is 18.8 Å². The van der Waals surface area contributed by atoms with Gasteiger partial charge in [-0.25, -0.2) is 17.5 Å². The van der Waals surface area contributed by atoms with Crippen LogP contribution in [0.1, 0.15) is 24.7 Å². The van der Waals surface area contributed by atoms with E-state index in [0.29, 0.717) is 29.9 Å². The van der Waals surface area contributed by atoms with Gasteiger partial charge in [-0.3, -0.25) is 5.10 Å². The number of H-pyrrole nitrogens is 1. The molecular weight excluding hydrogens is 387 g/mol. The minimum absolute atomic E-state index is 0.104. The smallest absolute Gasteiger partial charge is 0.230 e. The maximum absolute atomic E-state index is 14.4. The van der Waals surface area contributed by atoms with E-state index in [2.05, 4.69) is 30.0 Å². The highest BCUT2D eigenvalue weighted by Crippen LogP contribution is 2.32. The molecule has 3 aromatic rings. The van der Waals surface area contributed by atoms with E-state index in [0.717, 1.165) is 32.2 Å². The quantitative estimate of drug-likeness (QED) is 0.634. The number of likely N-dealkylation sites (tertiary alicyclic amines) is 1. The number of piperidine rings is 1. The average molecular weight is 408 g/mol. The number of aromatic nitrogens is 4. The number of hydrogen-bond acceptors (Lipinski definition) is 7. The lowest BCUT2D eigenvalue weighted by atomic mass is 9.97. The number of aromatic amines is 1. The molecule has 1 fully saturated rings. The Morgan fingerprint density at radius 1 is 1.36 bits per heavy atom. The molecule has 2 aromatic heterocycles. The Hall–Kier alpha value is -2.37. The van der Waals surface area contributed by atoms with Crippen LogP contribution >= 0.6 is 0 Å². The number of nitrogens with zero attached hydrogens (tertiary/aromatic N) is 4. The molecule has 0 amide bonds. The monoisotopic (exact) mass is 408 g/mol. The number of hydrogen-bond donors (Lipinski definition) is 2. The Morgan fingerprint density at radius 3 is 2.89 bits per heavy atom. The van der Waals surface area contributed by atoms with Crippen molar-refractivity contribution >= 4 is 20.9 Å². The molecule has 4 rings (SSSR count). The molecule has 1 saturated heterocycles. The summed E-state index contributed by atoms with van der Waals surface area (Å²) < 4.78 is 44.6. The van der Waals surface area contributed by atoms with Crippen molar-refractivity contribution in [2.24, 2.45) is 0 Å². The lowest BCUT2D eigenvalue weighted by molar-refractivity contribution is 0.197. The third-order valence-electron chi connectivity index (χ3n) is 4.97. The number of halogens is 1. The summed E-state index contributed by atoms with van der Waals surface area (Å²) in [6, 6.07) is 2.98. The fourth-order valence-corrected chi connectivity index (χ4v) is 3.98. The molecule has 9 nitrogen and oxygen atoms in total. The van der Waals surface area contributed by atoms with Gasteiger partial charge in [0.1, 0.15) is 5.82 Å². The van der Waals surface area contributed by atoms with Crippen LogP contribution in [0.25, 0.3) is 22.3 Å². The van der Waals surface area contributed by atoms with E-state index in [1.165, 1.54) is 6.07 Å². The van der Waals surface area contributed by atoms with Crippen molar-refractivity contribution in [1.82, 2.24) is 30.0 Å². The Kier molecular flexibility index (Phi) is 5.13. The van der Waals surface area contributed by atoms with Crippen LogP contribution in [0.15, 0.2) is 22.9 Å². The van der Waals surface area contributed by atoms with Crippen molar-refractivity contribution in [1.29, 1.82) is 0 Å². The summed E-state index contributed by atoms with van der Waals surface area (Å²) in [4.78, 5) is 6.64. The Morgan fingerprint density at radius 2 is 2.14 bits per heavy atom. The summed E-state index contributed by atoms with van der Waals surface area (Å²) in [5.41, 5.74) is 0.990. The normalized spacial score (nSPS) is 16.8. The first-order valence-corrected chi connectivity index (χ1v) is 10.9. The molecule has 1 aliphatic rings. The van der Waals surface area contributed by atoms with Crippen molar-refractivity contribution < 1.29 is 17.3 Å². The topological polar surface area (TPSA) is 117 Å². The zero-order valence-electron chi connectivity index (χ0n) is 15.4. The SMILES string of the molecule is CS(=O)(=O)NCCN1CCC(c2nc(-c3c(F)ccc4[nH]ncc34)no2)CC1. The van der Waals surface area contributed by atoms with Gasteiger partial charge in [-0.15, -0.1) is 0 Å². The Balaban J connectivity index is 1.42. The summed E-state index contributed by atoms with van der Waals surface area (Å²) in [6.07, 6.45) is 4.34. The van der Waals surface area contributed by atoms with Gasteiger partial charge in [-0.1, -0.05) is 5.16 Å². The second kappa shape index (κ2) is 7.57. The Labute approximate surface area is 161 Å². The first-order chi connectivity index (χ1) is 13.4. The molecule has 0 unspecified atom stereocenters. The number of rotatable bonds is 6. The fourth-order valence-electron chi connectivity index (χ4n) is 3.51. The van der Waals surface area contributed by atoms with Crippen LogP contribution in [0.2, 0.25) is 0 Å². The minimum Gasteiger partial charge on any atom is -0.339 e. The molecular formula is C17H21FN6O3S. The van der Waals surface area contributed by atoms with Gasteiger partial charge in [-0.05, 0) is 38.1 Å². The van der Waals surface area contributed by atoms with Crippen molar-refractivity contribution in [2.75, 3.05) is 32.4 Å². The molecule has 1 aliphatic heterocycles. The van der Waals surface area contributed by atoms with Gasteiger partial charge in [0, 0.05) is 24.4 Å². The first-order valence-electron chi connectivity index (χ1n) is 9.03. The highest BCUT2D eigenvalue weighted by molar-refractivity contribution is 7.88. The van der Waals surface area contributed by atoms with Gasteiger partial charge in [0.05, 0.1) is 23.5 Å². The summed E-state index contributed by atoms with van der Waals surface area (Å²) in [5, 5.41) is 11.4. The molecule has 1 aromatic carbocycles. The highest BCUT2D eigenvalue weighted by Gasteiger charge is 2.26. The van der Waals surface area contributed by atoms with E-state index in [1.807, 2.05) is 0 Å². The molecule has 0 radical (unpaired) electrons. The molecule has 3 heterocycles. The van der Waals surface area contributed by atoms with E-state index >= 15 is 0 Å². The second-order valence-corrected chi connectivity index (χ2v) is 8.83. The van der Waals surface area contributed by atoms with Crippen molar-refractivity contribution in [3.63, 3.8) is 0 Å². The zero-order valence-corrected chi connectivity index (χ0v) is 16.2. The molecule has 0 aliphatic carbocycles. The number of benzene rings is 1. The van der Waals surface area contributed by atoms with Gasteiger partial charge < -0.3 is 9.42 Å². The van der Waals surface area contributed by atoms with Gasteiger partial charge in [0.25, 0.3) is 0 Å². The van der Waals surface area contributed by atoms with E-state index in [4.69, 9.17) is 4.52 Å². The van der Waals surface area contributed by atoms with Crippen LogP contribution in [-0.2, 0) is 10.0 Å². The summed E-state index contributed by atoms with van der Waals surface area (Å²) in [5.74, 6) is 0.407. The molecule has 0 spiro atoms. The summed E-state index contributed by atoms with van der Waals surface area (Å²) >= 11 is 0. The van der Waals surface area contributed by atoms with Crippen LogP contribution in [-0.4, -0.2) is 66.1 Å². The highest BCUT2D eigenvalue weighted by atomic mass is 32.2. The molecule has 150 valence electrons. The fraction of sp³-hybridized carbons (Fsp3) is 0.471. The Bertz CT molecular complexity index is 1070. The van der Waals surface area contributed by atoms with Crippen LogP contribution in [0.4, 0.5) is 4.39 Å². The third kappa shape index (κ3) is 4.05. The summed E-state index contributed by atoms with van der Waals surface area (Å²) in [7, 11) is -3.16. The lowest BCUT2D eigenvalue weighted by Gasteiger charge is -2.30. The molecule has 0 atom stereocenters. The summed E-state index contributed by atoms with van der Waals surface area (Å²) in [6.45, 7) is 2.66. The molecule has 28 heavy (non-hydrogen) atoms. The standard InChI is InChI=1S/C17H21FN6O3S/c1-28(25,26)20-6-9-24-7-4-11(5-8-24)17-21-16(23-27-17)15-12-10-19-22-14(12)3-2-13(15)18/h2-3,10-11,20H,4-9H2,1H3,(H,19,22). The van der Waals surface area contributed by atoms with E-state index in [9.17, 15) is 12.8 Å². The van der Waals surface area contributed by atoms with Crippen LogP contribution in [0, 0.1) is 5.82 Å². The minimum atomic E-state index is -3.16. The van der Waals surface area contributed by atoms with Crippen LogP contribution in [0.3, 0.4) is 0 Å². The van der Waals surface area contributed by atoms with Gasteiger partial charge >= 0.3 is 0 Å². The second-order valence-electron chi connectivity index (χ2n) is 6.99. The average Bonchev–Trinajstić information content (AvgIpc) is 3.30. The number of fused-ring (bicyclic) bond motifs is 1. The van der Waals surface area contributed by atoms with E-state index in [1.54, 1.807) is 12.3 Å². The maximum atomic E-state index is 14.4. The van der Waals surface area contributed by atoms with Crippen LogP contribution < -0.4 is 4.72 Å². The van der Waals surface area contributed by atoms with Crippen LogP contribution in [0.5, 0.6) is 0 Å². The molecule has 0 bridgehead atoms. The van der Waals surface area contributed by atoms with Gasteiger partial charge in [0.2, 0.25) is 21.7 Å². The molecule has 11 heteroatoms. The predicted molar refractivity (Wildman–Crippen MR) is 101 cm³/mol. The van der Waals surface area contributed by atoms with Crippen molar-refractivity contribution in [3.8, 4) is 11.4 Å². The van der Waals surface area contributed by atoms with E-state index in [-0.39, 0.29) is 17.3 Å². The first kappa shape index (κ1) is 19.0. The molecule has 0 saturated carbocycles. The van der Waals surface area contributed by atoms with E-state index < -0.39 is 15.8 Å². The third-order valence-corrected chi connectivity index (χ3v) is 5.70. The zero-order chi connectivity index (χ0) is 19.7. The van der Waals surface area contributed by atoms with Gasteiger partial charge in [0.15, 0.2) is 0 Å². The number of sulfonamides is 1. The van der Waals surface area contributed by atoms with Crippen molar-refractivity contribution in [3.05, 3.63) is 30.0 Å².